The normalized spacial score (nSPS) is 13.2. The summed E-state index contributed by atoms with van der Waals surface area (Å²) < 4.78 is 1.89. The van der Waals surface area contributed by atoms with Crippen molar-refractivity contribution >= 4 is 10.9 Å². The van der Waals surface area contributed by atoms with Gasteiger partial charge in [-0.25, -0.2) is 4.68 Å². The van der Waals surface area contributed by atoms with Gasteiger partial charge in [0, 0.05) is 36.6 Å². The van der Waals surface area contributed by atoms with Crippen LogP contribution in [0.2, 0.25) is 0 Å². The number of hydrogen-bond donors (Lipinski definition) is 1. The van der Waals surface area contributed by atoms with E-state index in [1.165, 1.54) is 5.56 Å². The van der Waals surface area contributed by atoms with E-state index >= 15 is 0 Å². The van der Waals surface area contributed by atoms with Crippen molar-refractivity contribution in [1.82, 2.24) is 35.1 Å². The van der Waals surface area contributed by atoms with Gasteiger partial charge in [-0.3, -0.25) is 14.7 Å². The molecular formula is C27H35N7O. The van der Waals surface area contributed by atoms with Gasteiger partial charge in [0.25, 0.3) is 5.56 Å². The largest absolute Gasteiger partial charge is 0.322 e. The average molecular weight is 474 g/mol. The predicted octanol–water partition coefficient (Wildman–Crippen LogP) is 4.68. The van der Waals surface area contributed by atoms with Gasteiger partial charge in [-0.2, -0.15) is 0 Å². The first-order valence-electron chi connectivity index (χ1n) is 12.1. The van der Waals surface area contributed by atoms with Crippen LogP contribution in [0.5, 0.6) is 0 Å². The Labute approximate surface area is 206 Å². The van der Waals surface area contributed by atoms with Crippen molar-refractivity contribution < 1.29 is 0 Å². The lowest BCUT2D eigenvalue weighted by atomic mass is 9.98. The molecule has 3 heterocycles. The van der Waals surface area contributed by atoms with Crippen LogP contribution >= 0.6 is 0 Å². The molecular weight excluding hydrogens is 438 g/mol. The summed E-state index contributed by atoms with van der Waals surface area (Å²) >= 11 is 0. The second kappa shape index (κ2) is 9.70. The molecule has 1 atom stereocenters. The van der Waals surface area contributed by atoms with Crippen molar-refractivity contribution in [2.75, 3.05) is 0 Å². The Hall–Kier alpha value is -3.39. The molecule has 35 heavy (non-hydrogen) atoms. The van der Waals surface area contributed by atoms with Crippen molar-refractivity contribution in [3.05, 3.63) is 81.2 Å². The SMILES string of the molecule is Cc1cc2cc(CN(Cc3cccnc3)[C@H](c3nnnn3C(C)(C)C)C(C)C)c(=O)[nH]c2cc1C. The molecule has 0 saturated heterocycles. The lowest BCUT2D eigenvalue weighted by molar-refractivity contribution is 0.119. The zero-order valence-corrected chi connectivity index (χ0v) is 21.7. The van der Waals surface area contributed by atoms with Crippen LogP contribution in [0.4, 0.5) is 0 Å². The lowest BCUT2D eigenvalue weighted by Gasteiger charge is -2.35. The summed E-state index contributed by atoms with van der Waals surface area (Å²) in [6.45, 7) is 15.8. The molecule has 3 aromatic heterocycles. The lowest BCUT2D eigenvalue weighted by Crippen LogP contribution is -2.37. The van der Waals surface area contributed by atoms with Gasteiger partial charge in [0.15, 0.2) is 5.82 Å². The predicted molar refractivity (Wildman–Crippen MR) is 138 cm³/mol. The number of rotatable bonds is 7. The maximum Gasteiger partial charge on any atom is 0.252 e. The summed E-state index contributed by atoms with van der Waals surface area (Å²) in [6, 6.07) is 10.1. The standard InChI is InChI=1S/C27H35N7O/c1-17(2)24(25-30-31-32-34(25)27(5,6)7)33(15-20-9-8-10-28-14-20)16-22-13-21-11-18(3)19(4)12-23(21)29-26(22)35/h8-14,17,24H,15-16H2,1-7H3,(H,29,35)/t24-/m0/s1. The number of aromatic amines is 1. The van der Waals surface area contributed by atoms with E-state index < -0.39 is 0 Å². The van der Waals surface area contributed by atoms with E-state index in [4.69, 9.17) is 0 Å². The quantitative estimate of drug-likeness (QED) is 0.419. The van der Waals surface area contributed by atoms with Crippen LogP contribution in [0.1, 0.15) is 68.7 Å². The Morgan fingerprint density at radius 3 is 2.49 bits per heavy atom. The molecule has 0 amide bonds. The topological polar surface area (TPSA) is 92.6 Å². The van der Waals surface area contributed by atoms with Gasteiger partial charge in [0.1, 0.15) is 0 Å². The van der Waals surface area contributed by atoms with E-state index in [-0.39, 0.29) is 23.1 Å². The minimum atomic E-state index is -0.276. The van der Waals surface area contributed by atoms with Crippen molar-refractivity contribution in [2.24, 2.45) is 5.92 Å². The Kier molecular flexibility index (Phi) is 6.85. The number of aryl methyl sites for hydroxylation is 2. The molecule has 8 heteroatoms. The highest BCUT2D eigenvalue weighted by molar-refractivity contribution is 5.80. The number of tetrazole rings is 1. The third-order valence-electron chi connectivity index (χ3n) is 6.44. The zero-order valence-electron chi connectivity index (χ0n) is 21.7. The zero-order chi connectivity index (χ0) is 25.3. The summed E-state index contributed by atoms with van der Waals surface area (Å²) in [5.41, 5.74) is 4.65. The fraction of sp³-hybridized carbons (Fsp3) is 0.444. The molecule has 0 saturated carbocycles. The van der Waals surface area contributed by atoms with Gasteiger partial charge in [0.05, 0.1) is 11.6 Å². The maximum absolute atomic E-state index is 13.2. The Morgan fingerprint density at radius 2 is 1.83 bits per heavy atom. The van der Waals surface area contributed by atoms with Gasteiger partial charge < -0.3 is 4.98 Å². The minimum Gasteiger partial charge on any atom is -0.322 e. The van der Waals surface area contributed by atoms with E-state index in [2.05, 4.69) is 91.0 Å². The molecule has 184 valence electrons. The van der Waals surface area contributed by atoms with E-state index in [1.807, 2.05) is 29.1 Å². The van der Waals surface area contributed by atoms with Crippen LogP contribution in [0.15, 0.2) is 47.5 Å². The van der Waals surface area contributed by atoms with Gasteiger partial charge in [-0.05, 0) is 97.3 Å². The highest BCUT2D eigenvalue weighted by atomic mass is 16.1. The fourth-order valence-electron chi connectivity index (χ4n) is 4.58. The molecule has 0 aliphatic rings. The molecule has 0 unspecified atom stereocenters. The smallest absolute Gasteiger partial charge is 0.252 e. The number of H-pyrrole nitrogens is 1. The van der Waals surface area contributed by atoms with Gasteiger partial charge in [-0.1, -0.05) is 19.9 Å². The number of nitrogens with zero attached hydrogens (tertiary/aromatic N) is 6. The third kappa shape index (κ3) is 5.32. The van der Waals surface area contributed by atoms with Crippen LogP contribution in [-0.4, -0.2) is 35.1 Å². The van der Waals surface area contributed by atoms with E-state index in [0.717, 1.165) is 27.9 Å². The third-order valence-corrected chi connectivity index (χ3v) is 6.44. The van der Waals surface area contributed by atoms with Crippen molar-refractivity contribution in [2.45, 2.75) is 73.1 Å². The monoisotopic (exact) mass is 473 g/mol. The molecule has 0 radical (unpaired) electrons. The molecule has 0 spiro atoms. The first-order valence-corrected chi connectivity index (χ1v) is 12.1. The highest BCUT2D eigenvalue weighted by Crippen LogP contribution is 2.32. The second-order valence-corrected chi connectivity index (χ2v) is 10.7. The number of benzene rings is 1. The van der Waals surface area contributed by atoms with Crippen LogP contribution in [0, 0.1) is 19.8 Å². The average Bonchev–Trinajstić information content (AvgIpc) is 3.26. The van der Waals surface area contributed by atoms with Crippen molar-refractivity contribution in [3.63, 3.8) is 0 Å². The molecule has 0 aliphatic heterocycles. The van der Waals surface area contributed by atoms with Gasteiger partial charge in [0.2, 0.25) is 0 Å². The highest BCUT2D eigenvalue weighted by Gasteiger charge is 2.33. The van der Waals surface area contributed by atoms with Crippen LogP contribution in [0.25, 0.3) is 10.9 Å². The summed E-state index contributed by atoms with van der Waals surface area (Å²) in [6.07, 6.45) is 3.64. The van der Waals surface area contributed by atoms with Crippen LogP contribution in [0.3, 0.4) is 0 Å². The first-order chi connectivity index (χ1) is 16.5. The first kappa shape index (κ1) is 24.7. The second-order valence-electron chi connectivity index (χ2n) is 10.7. The molecule has 0 fully saturated rings. The molecule has 0 aliphatic carbocycles. The fourth-order valence-corrected chi connectivity index (χ4v) is 4.58. The number of nitrogens with one attached hydrogen (secondary N) is 1. The Bertz CT molecular complexity index is 1370. The Morgan fingerprint density at radius 1 is 1.09 bits per heavy atom. The minimum absolute atomic E-state index is 0.0742. The summed E-state index contributed by atoms with van der Waals surface area (Å²) in [7, 11) is 0. The molecule has 1 N–H and O–H groups in total. The van der Waals surface area contributed by atoms with E-state index in [0.29, 0.717) is 18.7 Å². The number of hydrogen-bond acceptors (Lipinski definition) is 6. The maximum atomic E-state index is 13.2. The number of fused-ring (bicyclic) bond motifs is 1. The number of aromatic nitrogens is 6. The Balaban J connectivity index is 1.81. The summed E-state index contributed by atoms with van der Waals surface area (Å²) in [5, 5.41) is 13.8. The molecule has 4 rings (SSSR count). The van der Waals surface area contributed by atoms with Crippen LogP contribution < -0.4 is 5.56 Å². The van der Waals surface area contributed by atoms with Gasteiger partial charge in [-0.15, -0.1) is 5.10 Å². The molecule has 4 aromatic rings. The van der Waals surface area contributed by atoms with Crippen molar-refractivity contribution in [3.8, 4) is 0 Å². The molecule has 8 nitrogen and oxygen atoms in total. The van der Waals surface area contributed by atoms with Crippen molar-refractivity contribution in [1.29, 1.82) is 0 Å². The summed E-state index contributed by atoms with van der Waals surface area (Å²) in [4.78, 5) is 22.9. The van der Waals surface area contributed by atoms with Gasteiger partial charge >= 0.3 is 0 Å². The van der Waals surface area contributed by atoms with E-state index in [9.17, 15) is 4.79 Å². The molecule has 1 aromatic carbocycles. The van der Waals surface area contributed by atoms with Crippen LogP contribution in [-0.2, 0) is 18.6 Å². The number of pyridine rings is 2. The van der Waals surface area contributed by atoms with E-state index in [1.54, 1.807) is 6.20 Å². The molecule has 0 bridgehead atoms. The summed E-state index contributed by atoms with van der Waals surface area (Å²) in [5.74, 6) is 0.989.